The zero-order chi connectivity index (χ0) is 8.27. The summed E-state index contributed by atoms with van der Waals surface area (Å²) in [4.78, 5) is 0. The standard InChI is InChI=1S/C8H8Cl2O/c1-11-7-5-3-2-4-6(9)8(7)10/h2-4H,5H2,1H3. The average molecular weight is 191 g/mol. The molecule has 0 aromatic carbocycles. The Morgan fingerprint density at radius 2 is 2.18 bits per heavy atom. The van der Waals surface area contributed by atoms with Crippen molar-refractivity contribution in [1.82, 2.24) is 0 Å². The van der Waals surface area contributed by atoms with E-state index in [2.05, 4.69) is 0 Å². The highest BCUT2D eigenvalue weighted by molar-refractivity contribution is 6.44. The third-order valence-electron chi connectivity index (χ3n) is 1.38. The summed E-state index contributed by atoms with van der Waals surface area (Å²) in [5, 5.41) is 1.02. The number of hydrogen-bond donors (Lipinski definition) is 0. The first-order valence-corrected chi connectivity index (χ1v) is 3.96. The first kappa shape index (κ1) is 8.69. The maximum atomic E-state index is 5.85. The van der Waals surface area contributed by atoms with Crippen LogP contribution >= 0.6 is 23.2 Å². The van der Waals surface area contributed by atoms with Crippen molar-refractivity contribution >= 4 is 23.2 Å². The molecule has 0 N–H and O–H groups in total. The summed E-state index contributed by atoms with van der Waals surface area (Å²) in [6, 6.07) is 0. The maximum Gasteiger partial charge on any atom is 0.119 e. The molecule has 0 saturated carbocycles. The Morgan fingerprint density at radius 3 is 2.82 bits per heavy atom. The van der Waals surface area contributed by atoms with Crippen molar-refractivity contribution in [2.24, 2.45) is 0 Å². The Kier molecular flexibility index (Phi) is 3.03. The van der Waals surface area contributed by atoms with Gasteiger partial charge in [0.2, 0.25) is 0 Å². The zero-order valence-corrected chi connectivity index (χ0v) is 7.62. The van der Waals surface area contributed by atoms with E-state index >= 15 is 0 Å². The second-order valence-corrected chi connectivity index (χ2v) is 2.87. The summed E-state index contributed by atoms with van der Waals surface area (Å²) in [5.74, 6) is 0.710. The van der Waals surface area contributed by atoms with Crippen LogP contribution in [0.15, 0.2) is 34.1 Å². The highest BCUT2D eigenvalue weighted by Gasteiger charge is 2.08. The fourth-order valence-corrected chi connectivity index (χ4v) is 1.19. The third-order valence-corrected chi connectivity index (χ3v) is 2.21. The first-order chi connectivity index (χ1) is 5.25. The Morgan fingerprint density at radius 1 is 1.45 bits per heavy atom. The van der Waals surface area contributed by atoms with Gasteiger partial charge in [0.1, 0.15) is 5.76 Å². The van der Waals surface area contributed by atoms with E-state index in [0.29, 0.717) is 22.2 Å². The van der Waals surface area contributed by atoms with Crippen LogP contribution in [0.1, 0.15) is 6.42 Å². The molecule has 0 amide bonds. The van der Waals surface area contributed by atoms with Crippen molar-refractivity contribution in [3.8, 4) is 0 Å². The van der Waals surface area contributed by atoms with Crippen LogP contribution in [0.2, 0.25) is 0 Å². The summed E-state index contributed by atoms with van der Waals surface area (Å²) in [6.07, 6.45) is 6.24. The van der Waals surface area contributed by atoms with Gasteiger partial charge in [-0.2, -0.15) is 0 Å². The Hall–Kier alpha value is -0.400. The van der Waals surface area contributed by atoms with Gasteiger partial charge in [-0.05, 0) is 6.08 Å². The Balaban J connectivity index is 2.97. The van der Waals surface area contributed by atoms with Crippen LogP contribution in [-0.4, -0.2) is 7.11 Å². The van der Waals surface area contributed by atoms with Crippen LogP contribution in [0.5, 0.6) is 0 Å². The molecule has 0 aromatic heterocycles. The summed E-state index contributed by atoms with van der Waals surface area (Å²) in [7, 11) is 1.58. The van der Waals surface area contributed by atoms with Gasteiger partial charge in [0, 0.05) is 6.42 Å². The number of halogens is 2. The molecule has 0 radical (unpaired) electrons. The molecule has 0 aliphatic heterocycles. The van der Waals surface area contributed by atoms with Gasteiger partial charge in [-0.1, -0.05) is 35.4 Å². The minimum absolute atomic E-state index is 0.499. The van der Waals surface area contributed by atoms with E-state index < -0.39 is 0 Å². The predicted molar refractivity (Wildman–Crippen MR) is 47.6 cm³/mol. The van der Waals surface area contributed by atoms with Crippen LogP contribution in [0.25, 0.3) is 0 Å². The van der Waals surface area contributed by atoms with Gasteiger partial charge < -0.3 is 4.74 Å². The predicted octanol–water partition coefficient (Wildman–Crippen LogP) is 3.17. The van der Waals surface area contributed by atoms with Crippen LogP contribution in [0.3, 0.4) is 0 Å². The van der Waals surface area contributed by atoms with Crippen molar-refractivity contribution in [1.29, 1.82) is 0 Å². The zero-order valence-electron chi connectivity index (χ0n) is 6.10. The summed E-state index contributed by atoms with van der Waals surface area (Å²) in [5.41, 5.74) is 0. The third kappa shape index (κ3) is 2.01. The van der Waals surface area contributed by atoms with Gasteiger partial charge in [0.15, 0.2) is 0 Å². The molecule has 0 saturated heterocycles. The monoisotopic (exact) mass is 190 g/mol. The lowest BCUT2D eigenvalue weighted by Gasteiger charge is -2.04. The molecule has 1 aliphatic rings. The van der Waals surface area contributed by atoms with E-state index in [0.717, 1.165) is 0 Å². The molecule has 1 aliphatic carbocycles. The molecule has 0 spiro atoms. The molecule has 0 fully saturated rings. The van der Waals surface area contributed by atoms with E-state index in [-0.39, 0.29) is 0 Å². The van der Waals surface area contributed by atoms with Crippen molar-refractivity contribution in [2.45, 2.75) is 6.42 Å². The molecule has 0 atom stereocenters. The minimum atomic E-state index is 0.499. The molecule has 1 rings (SSSR count). The number of methoxy groups -OCH3 is 1. The smallest absolute Gasteiger partial charge is 0.119 e. The molecule has 1 nitrogen and oxygen atoms in total. The van der Waals surface area contributed by atoms with Crippen molar-refractivity contribution in [3.05, 3.63) is 34.1 Å². The molecule has 60 valence electrons. The summed E-state index contributed by atoms with van der Waals surface area (Å²) < 4.78 is 5.02. The van der Waals surface area contributed by atoms with E-state index in [1.165, 1.54) is 0 Å². The van der Waals surface area contributed by atoms with Crippen LogP contribution in [0.4, 0.5) is 0 Å². The summed E-state index contributed by atoms with van der Waals surface area (Å²) in [6.45, 7) is 0. The second kappa shape index (κ2) is 3.84. The number of rotatable bonds is 1. The van der Waals surface area contributed by atoms with Gasteiger partial charge >= 0.3 is 0 Å². The minimum Gasteiger partial charge on any atom is -0.499 e. The summed E-state index contributed by atoms with van der Waals surface area (Å²) >= 11 is 11.6. The quantitative estimate of drug-likeness (QED) is 0.618. The molecule has 0 aromatic rings. The second-order valence-electron chi connectivity index (χ2n) is 2.09. The Bertz CT molecular complexity index is 238. The first-order valence-electron chi connectivity index (χ1n) is 3.21. The van der Waals surface area contributed by atoms with Crippen LogP contribution in [0, 0.1) is 0 Å². The van der Waals surface area contributed by atoms with E-state index in [4.69, 9.17) is 27.9 Å². The lowest BCUT2D eigenvalue weighted by Crippen LogP contribution is -1.87. The lowest BCUT2D eigenvalue weighted by atomic mass is 10.3. The SMILES string of the molecule is COC1=C(Cl)C(Cl)=CC=CC1. The van der Waals surface area contributed by atoms with Crippen LogP contribution in [-0.2, 0) is 4.74 Å². The molecule has 0 unspecified atom stereocenters. The normalized spacial score (nSPS) is 17.9. The average Bonchev–Trinajstić information content (AvgIpc) is 2.16. The fourth-order valence-electron chi connectivity index (χ4n) is 0.797. The van der Waals surface area contributed by atoms with E-state index in [1.807, 2.05) is 12.2 Å². The molecule has 3 heteroatoms. The lowest BCUT2D eigenvalue weighted by molar-refractivity contribution is 0.284. The van der Waals surface area contributed by atoms with E-state index in [1.54, 1.807) is 13.2 Å². The molecule has 0 heterocycles. The largest absolute Gasteiger partial charge is 0.499 e. The number of allylic oxidation sites excluding steroid dienone is 5. The molecular weight excluding hydrogens is 183 g/mol. The Labute approximate surface area is 75.9 Å². The van der Waals surface area contributed by atoms with Crippen molar-refractivity contribution < 1.29 is 4.74 Å². The highest BCUT2D eigenvalue weighted by atomic mass is 35.5. The van der Waals surface area contributed by atoms with Gasteiger partial charge in [-0.15, -0.1) is 0 Å². The number of hydrogen-bond acceptors (Lipinski definition) is 1. The van der Waals surface area contributed by atoms with E-state index in [9.17, 15) is 0 Å². The molecular formula is C8H8Cl2O. The van der Waals surface area contributed by atoms with Gasteiger partial charge in [-0.3, -0.25) is 0 Å². The molecule has 0 bridgehead atoms. The van der Waals surface area contributed by atoms with Crippen molar-refractivity contribution in [3.63, 3.8) is 0 Å². The van der Waals surface area contributed by atoms with Gasteiger partial charge in [0.25, 0.3) is 0 Å². The van der Waals surface area contributed by atoms with Crippen LogP contribution < -0.4 is 0 Å². The number of ether oxygens (including phenoxy) is 1. The fraction of sp³-hybridized carbons (Fsp3) is 0.250. The molecule has 11 heavy (non-hydrogen) atoms. The van der Waals surface area contributed by atoms with Gasteiger partial charge in [-0.25, -0.2) is 0 Å². The highest BCUT2D eigenvalue weighted by Crippen LogP contribution is 2.27. The van der Waals surface area contributed by atoms with Gasteiger partial charge in [0.05, 0.1) is 17.2 Å². The van der Waals surface area contributed by atoms with Crippen molar-refractivity contribution in [2.75, 3.05) is 7.11 Å². The topological polar surface area (TPSA) is 9.23 Å². The maximum absolute atomic E-state index is 5.85.